The second-order valence-corrected chi connectivity index (χ2v) is 2.99. The molecule has 0 bridgehead atoms. The number of nitrogens with zero attached hydrogens (tertiary/aromatic N) is 1. The lowest BCUT2D eigenvalue weighted by molar-refractivity contribution is 0.105. The summed E-state index contributed by atoms with van der Waals surface area (Å²) in [5.41, 5.74) is 0.215. The maximum Gasteiger partial charge on any atom is 0.147 e. The molecule has 0 heterocycles. The number of halogens is 1. The molecule has 0 spiro atoms. The molecule has 80 valence electrons. The Morgan fingerprint density at radius 1 is 1.53 bits per heavy atom. The van der Waals surface area contributed by atoms with Crippen LogP contribution in [0.25, 0.3) is 0 Å². The molecule has 1 rings (SSSR count). The summed E-state index contributed by atoms with van der Waals surface area (Å²) in [5.74, 6) is -0.556. The van der Waals surface area contributed by atoms with Crippen LogP contribution in [-0.2, 0) is 0 Å². The van der Waals surface area contributed by atoms with E-state index < -0.39 is 18.5 Å². The van der Waals surface area contributed by atoms with E-state index in [0.717, 1.165) is 0 Å². The highest BCUT2D eigenvalue weighted by Gasteiger charge is 2.09. The van der Waals surface area contributed by atoms with Crippen molar-refractivity contribution in [3.8, 4) is 6.07 Å². The number of nitrogens with one attached hydrogen (secondary N) is 1. The fourth-order valence-corrected chi connectivity index (χ4v) is 1.08. The number of nitriles is 1. The van der Waals surface area contributed by atoms with Gasteiger partial charge in [-0.2, -0.15) is 5.26 Å². The number of aliphatic hydroxyl groups is 2. The van der Waals surface area contributed by atoms with Gasteiger partial charge in [0.2, 0.25) is 0 Å². The molecule has 0 saturated heterocycles. The summed E-state index contributed by atoms with van der Waals surface area (Å²) >= 11 is 0. The van der Waals surface area contributed by atoms with Crippen LogP contribution in [0.15, 0.2) is 18.2 Å². The average molecular weight is 210 g/mol. The van der Waals surface area contributed by atoms with Crippen molar-refractivity contribution >= 4 is 5.69 Å². The predicted molar refractivity (Wildman–Crippen MR) is 52.7 cm³/mol. The van der Waals surface area contributed by atoms with E-state index in [4.69, 9.17) is 15.5 Å². The van der Waals surface area contributed by atoms with Gasteiger partial charge in [0.1, 0.15) is 11.9 Å². The van der Waals surface area contributed by atoms with Crippen molar-refractivity contribution in [1.82, 2.24) is 0 Å². The van der Waals surface area contributed by atoms with Crippen LogP contribution in [0.2, 0.25) is 0 Å². The largest absolute Gasteiger partial charge is 0.394 e. The zero-order chi connectivity index (χ0) is 11.3. The third-order valence-electron chi connectivity index (χ3n) is 1.86. The van der Waals surface area contributed by atoms with E-state index in [-0.39, 0.29) is 17.8 Å². The summed E-state index contributed by atoms with van der Waals surface area (Å²) in [6.45, 7) is -0.421. The first kappa shape index (κ1) is 11.4. The lowest BCUT2D eigenvalue weighted by Gasteiger charge is -2.11. The van der Waals surface area contributed by atoms with Gasteiger partial charge < -0.3 is 15.5 Å². The second kappa shape index (κ2) is 5.29. The van der Waals surface area contributed by atoms with Crippen LogP contribution in [0.5, 0.6) is 0 Å². The molecule has 5 heteroatoms. The van der Waals surface area contributed by atoms with Crippen molar-refractivity contribution < 1.29 is 14.6 Å². The van der Waals surface area contributed by atoms with Crippen LogP contribution < -0.4 is 5.32 Å². The molecule has 0 fully saturated rings. The summed E-state index contributed by atoms with van der Waals surface area (Å²) in [6, 6.07) is 5.95. The van der Waals surface area contributed by atoms with Crippen molar-refractivity contribution in [2.45, 2.75) is 6.10 Å². The molecule has 0 amide bonds. The lowest BCUT2D eigenvalue weighted by atomic mass is 10.2. The molecule has 0 aliphatic carbocycles. The van der Waals surface area contributed by atoms with Crippen molar-refractivity contribution in [2.24, 2.45) is 0 Å². The summed E-state index contributed by atoms with van der Waals surface area (Å²) in [5, 5.41) is 28.9. The van der Waals surface area contributed by atoms with Gasteiger partial charge in [-0.1, -0.05) is 6.07 Å². The molecule has 0 aliphatic heterocycles. The molecule has 15 heavy (non-hydrogen) atoms. The van der Waals surface area contributed by atoms with E-state index in [9.17, 15) is 4.39 Å². The van der Waals surface area contributed by atoms with Crippen LogP contribution in [0, 0.1) is 17.1 Å². The molecule has 0 aliphatic rings. The number of anilines is 1. The molecule has 1 aromatic carbocycles. The van der Waals surface area contributed by atoms with Crippen LogP contribution in [-0.4, -0.2) is 29.5 Å². The lowest BCUT2D eigenvalue weighted by Crippen LogP contribution is -2.23. The van der Waals surface area contributed by atoms with Crippen LogP contribution in [0.3, 0.4) is 0 Å². The Bertz CT molecular complexity index is 376. The van der Waals surface area contributed by atoms with E-state index >= 15 is 0 Å². The minimum absolute atomic E-state index is 0.00782. The van der Waals surface area contributed by atoms with Crippen molar-refractivity contribution in [1.29, 1.82) is 5.26 Å². The summed E-state index contributed by atoms with van der Waals surface area (Å²) in [7, 11) is 0. The summed E-state index contributed by atoms with van der Waals surface area (Å²) in [6.07, 6.45) is -0.976. The topological polar surface area (TPSA) is 76.3 Å². The second-order valence-electron chi connectivity index (χ2n) is 2.99. The Hall–Kier alpha value is -1.64. The minimum atomic E-state index is -0.976. The normalized spacial score (nSPS) is 11.9. The third kappa shape index (κ3) is 2.91. The van der Waals surface area contributed by atoms with Crippen molar-refractivity contribution in [2.75, 3.05) is 18.5 Å². The predicted octanol–water partition coefficient (Wildman–Crippen LogP) is 0.462. The highest BCUT2D eigenvalue weighted by atomic mass is 19.1. The highest BCUT2D eigenvalue weighted by molar-refractivity contribution is 5.58. The molecular formula is C10H11FN2O2. The maximum atomic E-state index is 13.2. The van der Waals surface area contributed by atoms with Crippen molar-refractivity contribution in [3.63, 3.8) is 0 Å². The van der Waals surface area contributed by atoms with E-state index in [1.54, 1.807) is 0 Å². The van der Waals surface area contributed by atoms with Gasteiger partial charge in [-0.15, -0.1) is 0 Å². The molecular weight excluding hydrogens is 199 g/mol. The standard InChI is InChI=1S/C10H11FN2O2/c11-9-3-1-2-7(4-12)10(9)13-5-8(15)6-14/h1-3,8,13-15H,5-6H2. The Morgan fingerprint density at radius 2 is 2.27 bits per heavy atom. The Kier molecular flexibility index (Phi) is 4.03. The highest BCUT2D eigenvalue weighted by Crippen LogP contribution is 2.18. The monoisotopic (exact) mass is 210 g/mol. The zero-order valence-electron chi connectivity index (χ0n) is 7.94. The van der Waals surface area contributed by atoms with E-state index in [1.807, 2.05) is 6.07 Å². The van der Waals surface area contributed by atoms with Gasteiger partial charge in [-0.05, 0) is 12.1 Å². The number of aliphatic hydroxyl groups excluding tert-OH is 2. The SMILES string of the molecule is N#Cc1cccc(F)c1NCC(O)CO. The fraction of sp³-hybridized carbons (Fsp3) is 0.300. The number of hydrogen-bond donors (Lipinski definition) is 3. The Morgan fingerprint density at radius 3 is 2.87 bits per heavy atom. The fourth-order valence-electron chi connectivity index (χ4n) is 1.08. The van der Waals surface area contributed by atoms with Gasteiger partial charge in [-0.25, -0.2) is 4.39 Å². The van der Waals surface area contributed by atoms with E-state index in [2.05, 4.69) is 5.32 Å². The van der Waals surface area contributed by atoms with Gasteiger partial charge in [0.05, 0.1) is 24.0 Å². The van der Waals surface area contributed by atoms with Gasteiger partial charge >= 0.3 is 0 Å². The van der Waals surface area contributed by atoms with Gasteiger partial charge in [0.15, 0.2) is 0 Å². The molecule has 1 atom stereocenters. The molecule has 0 radical (unpaired) electrons. The van der Waals surface area contributed by atoms with Crippen LogP contribution in [0.1, 0.15) is 5.56 Å². The summed E-state index contributed by atoms with van der Waals surface area (Å²) < 4.78 is 13.2. The molecule has 1 aromatic rings. The smallest absolute Gasteiger partial charge is 0.147 e. The van der Waals surface area contributed by atoms with Crippen LogP contribution >= 0.6 is 0 Å². The van der Waals surface area contributed by atoms with Crippen LogP contribution in [0.4, 0.5) is 10.1 Å². The number of benzene rings is 1. The molecule has 0 saturated carbocycles. The molecule has 3 N–H and O–H groups in total. The molecule has 4 nitrogen and oxygen atoms in total. The first-order valence-corrected chi connectivity index (χ1v) is 4.40. The molecule has 1 unspecified atom stereocenters. The van der Waals surface area contributed by atoms with Crippen molar-refractivity contribution in [3.05, 3.63) is 29.6 Å². The van der Waals surface area contributed by atoms with E-state index in [0.29, 0.717) is 0 Å². The number of rotatable bonds is 4. The Balaban J connectivity index is 2.80. The summed E-state index contributed by atoms with van der Waals surface area (Å²) in [4.78, 5) is 0. The molecule has 0 aromatic heterocycles. The maximum absolute atomic E-state index is 13.2. The zero-order valence-corrected chi connectivity index (χ0v) is 7.94. The van der Waals surface area contributed by atoms with Gasteiger partial charge in [0.25, 0.3) is 0 Å². The van der Waals surface area contributed by atoms with Gasteiger partial charge in [0, 0.05) is 6.54 Å². The van der Waals surface area contributed by atoms with E-state index in [1.165, 1.54) is 18.2 Å². The third-order valence-corrected chi connectivity index (χ3v) is 1.86. The Labute approximate surface area is 86.6 Å². The number of hydrogen-bond acceptors (Lipinski definition) is 4. The minimum Gasteiger partial charge on any atom is -0.394 e. The first-order chi connectivity index (χ1) is 7.19. The number of para-hydroxylation sites is 1. The average Bonchev–Trinajstić information content (AvgIpc) is 2.26. The quantitative estimate of drug-likeness (QED) is 0.675. The first-order valence-electron chi connectivity index (χ1n) is 4.40. The van der Waals surface area contributed by atoms with Gasteiger partial charge in [-0.3, -0.25) is 0 Å².